The SMILES string of the molecule is C[N+](C)(C)CCCN1C(=O)[C@@H]2[C@H](C1=O)[C@H](c1coc(-c3ccc(Cl)s3)n1)[NH+]1CCC[C@@H]21. The molecule has 5 rings (SSSR count). The Hall–Kier alpha value is -1.74. The van der Waals surface area contributed by atoms with Crippen molar-refractivity contribution in [1.29, 1.82) is 0 Å². The summed E-state index contributed by atoms with van der Waals surface area (Å²) in [5.74, 6) is -0.0246. The van der Waals surface area contributed by atoms with Crippen molar-refractivity contribution in [3.8, 4) is 10.8 Å². The van der Waals surface area contributed by atoms with Crippen molar-refractivity contribution < 1.29 is 23.4 Å². The van der Waals surface area contributed by atoms with Gasteiger partial charge in [-0.05, 0) is 12.1 Å². The standard InChI is InChI=1S/C22H28ClN4O3S/c1-27(2,3)11-5-10-26-21(28)17-14-6-4-9-25(14)19(18(17)22(26)29)13-12-30-20(24-13)15-7-8-16(23)31-15/h7-8,12,14,17-19H,4-6,9-11H2,1-3H3/q+1/p+1/t14-,17-,18-,19-/m0/s1. The van der Waals surface area contributed by atoms with E-state index in [1.54, 1.807) is 6.26 Å². The molecule has 2 aromatic heterocycles. The zero-order chi connectivity index (χ0) is 21.9. The maximum absolute atomic E-state index is 13.5. The average molecular weight is 465 g/mol. The number of amides is 2. The molecule has 0 aliphatic carbocycles. The van der Waals surface area contributed by atoms with Gasteiger partial charge >= 0.3 is 0 Å². The van der Waals surface area contributed by atoms with Gasteiger partial charge in [0, 0.05) is 25.8 Å². The van der Waals surface area contributed by atoms with Gasteiger partial charge in [0.15, 0.2) is 0 Å². The summed E-state index contributed by atoms with van der Waals surface area (Å²) in [6.07, 6.45) is 4.56. The predicted molar refractivity (Wildman–Crippen MR) is 118 cm³/mol. The summed E-state index contributed by atoms with van der Waals surface area (Å²) in [6, 6.07) is 3.80. The van der Waals surface area contributed by atoms with Crippen LogP contribution in [0.25, 0.3) is 10.8 Å². The Kier molecular flexibility index (Phi) is 5.24. The van der Waals surface area contributed by atoms with Crippen LogP contribution >= 0.6 is 22.9 Å². The van der Waals surface area contributed by atoms with Crippen LogP contribution in [0, 0.1) is 11.8 Å². The number of hydrogen-bond donors (Lipinski definition) is 1. The lowest BCUT2D eigenvalue weighted by molar-refractivity contribution is -0.932. The molecule has 3 aliphatic rings. The molecule has 3 fully saturated rings. The number of quaternary nitrogens is 2. The highest BCUT2D eigenvalue weighted by molar-refractivity contribution is 7.19. The number of hydrogen-bond acceptors (Lipinski definition) is 5. The molecule has 0 spiro atoms. The van der Waals surface area contributed by atoms with Gasteiger partial charge in [0.2, 0.25) is 17.7 Å². The summed E-state index contributed by atoms with van der Waals surface area (Å²) < 4.78 is 7.28. The first-order valence-electron chi connectivity index (χ1n) is 11.0. The molecule has 9 heteroatoms. The second-order valence-corrected chi connectivity index (χ2v) is 11.7. The number of carbonyl (C=O) groups excluding carboxylic acids is 2. The molecule has 3 aliphatic heterocycles. The van der Waals surface area contributed by atoms with Gasteiger partial charge in [-0.25, -0.2) is 4.98 Å². The number of likely N-dealkylation sites (tertiary alicyclic amines) is 1. The maximum Gasteiger partial charge on any atom is 0.239 e. The van der Waals surface area contributed by atoms with Crippen LogP contribution in [0.15, 0.2) is 22.8 Å². The van der Waals surface area contributed by atoms with Crippen LogP contribution < -0.4 is 4.90 Å². The maximum atomic E-state index is 13.5. The molecule has 0 radical (unpaired) electrons. The van der Waals surface area contributed by atoms with E-state index in [1.807, 2.05) is 12.1 Å². The fourth-order valence-corrected chi connectivity index (χ4v) is 6.72. The monoisotopic (exact) mass is 464 g/mol. The number of oxazole rings is 1. The number of thiophene rings is 1. The predicted octanol–water partition coefficient (Wildman–Crippen LogP) is 1.86. The topological polar surface area (TPSA) is 67.9 Å². The number of carbonyl (C=O) groups is 2. The third-order valence-corrected chi connectivity index (χ3v) is 8.19. The van der Waals surface area contributed by atoms with Crippen LogP contribution in [-0.4, -0.2) is 73.0 Å². The van der Waals surface area contributed by atoms with Gasteiger partial charge in [0.1, 0.15) is 35.9 Å². The van der Waals surface area contributed by atoms with Crippen LogP contribution in [0.2, 0.25) is 4.34 Å². The summed E-state index contributed by atoms with van der Waals surface area (Å²) in [6.45, 7) is 2.40. The van der Waals surface area contributed by atoms with E-state index in [9.17, 15) is 9.59 Å². The van der Waals surface area contributed by atoms with E-state index in [1.165, 1.54) is 21.1 Å². The van der Waals surface area contributed by atoms with Crippen molar-refractivity contribution in [2.24, 2.45) is 11.8 Å². The third-order valence-electron chi connectivity index (χ3n) is 6.97. The number of nitrogens with one attached hydrogen (secondary N) is 1. The van der Waals surface area contributed by atoms with Gasteiger partial charge in [-0.3, -0.25) is 14.5 Å². The molecule has 0 saturated carbocycles. The van der Waals surface area contributed by atoms with Crippen LogP contribution in [0.1, 0.15) is 31.0 Å². The normalized spacial score (nSPS) is 30.3. The number of rotatable bonds is 6. The lowest BCUT2D eigenvalue weighted by Gasteiger charge is -2.27. The highest BCUT2D eigenvalue weighted by Crippen LogP contribution is 2.43. The summed E-state index contributed by atoms with van der Waals surface area (Å²) in [4.78, 5) is 35.3. The molecule has 7 nitrogen and oxygen atoms in total. The van der Waals surface area contributed by atoms with E-state index in [0.717, 1.165) is 47.4 Å². The Labute approximate surface area is 191 Å². The summed E-state index contributed by atoms with van der Waals surface area (Å²) in [5, 5.41) is 0. The van der Waals surface area contributed by atoms with Crippen molar-refractivity contribution in [3.05, 3.63) is 28.4 Å². The van der Waals surface area contributed by atoms with Gasteiger partial charge < -0.3 is 13.8 Å². The molecule has 2 aromatic rings. The average Bonchev–Trinajstić information content (AvgIpc) is 3.47. The molecule has 3 saturated heterocycles. The molecule has 31 heavy (non-hydrogen) atoms. The Morgan fingerprint density at radius 2 is 2.03 bits per heavy atom. The highest BCUT2D eigenvalue weighted by Gasteiger charge is 2.66. The summed E-state index contributed by atoms with van der Waals surface area (Å²) in [5.41, 5.74) is 0.781. The van der Waals surface area contributed by atoms with Crippen molar-refractivity contribution in [2.45, 2.75) is 31.3 Å². The first-order chi connectivity index (χ1) is 14.7. The summed E-state index contributed by atoms with van der Waals surface area (Å²) >= 11 is 7.49. The Morgan fingerprint density at radius 1 is 1.26 bits per heavy atom. The molecule has 2 amide bonds. The smallest absolute Gasteiger partial charge is 0.239 e. The lowest BCUT2D eigenvalue weighted by Crippen LogP contribution is -3.12. The minimum atomic E-state index is -0.332. The quantitative estimate of drug-likeness (QED) is 0.523. The zero-order valence-electron chi connectivity index (χ0n) is 18.1. The van der Waals surface area contributed by atoms with Crippen molar-refractivity contribution >= 4 is 34.8 Å². The first kappa shape index (κ1) is 21.1. The van der Waals surface area contributed by atoms with Crippen LogP contribution in [0.4, 0.5) is 0 Å². The molecule has 1 unspecified atom stereocenters. The number of halogens is 1. The van der Waals surface area contributed by atoms with Gasteiger partial charge in [0.05, 0.1) is 43.4 Å². The van der Waals surface area contributed by atoms with Gasteiger partial charge in [-0.2, -0.15) is 0 Å². The fraction of sp³-hybridized carbons (Fsp3) is 0.591. The second-order valence-electron chi connectivity index (χ2n) is 9.98. The van der Waals surface area contributed by atoms with E-state index in [-0.39, 0.29) is 35.7 Å². The van der Waals surface area contributed by atoms with Crippen LogP contribution in [-0.2, 0) is 9.59 Å². The first-order valence-corrected chi connectivity index (χ1v) is 12.2. The van der Waals surface area contributed by atoms with E-state index in [0.29, 0.717) is 16.8 Å². The van der Waals surface area contributed by atoms with Gasteiger partial charge in [-0.1, -0.05) is 11.6 Å². The van der Waals surface area contributed by atoms with E-state index >= 15 is 0 Å². The molecule has 5 atom stereocenters. The van der Waals surface area contributed by atoms with Crippen molar-refractivity contribution in [2.75, 3.05) is 40.8 Å². The lowest BCUT2D eigenvalue weighted by atomic mass is 9.87. The number of fused-ring (bicyclic) bond motifs is 3. The van der Waals surface area contributed by atoms with Crippen LogP contribution in [0.5, 0.6) is 0 Å². The van der Waals surface area contributed by atoms with Gasteiger partial charge in [0.25, 0.3) is 0 Å². The summed E-state index contributed by atoms with van der Waals surface area (Å²) in [7, 11) is 6.38. The molecule has 166 valence electrons. The molecular formula is C22H29ClN4O3S+2. The van der Waals surface area contributed by atoms with E-state index < -0.39 is 0 Å². The molecule has 0 bridgehead atoms. The highest BCUT2D eigenvalue weighted by atomic mass is 35.5. The fourth-order valence-electron chi connectivity index (χ4n) is 5.74. The van der Waals surface area contributed by atoms with E-state index in [2.05, 4.69) is 21.1 Å². The Balaban J connectivity index is 1.42. The largest absolute Gasteiger partial charge is 0.443 e. The minimum absolute atomic E-state index is 0.0213. The molecule has 1 N–H and O–H groups in total. The third kappa shape index (κ3) is 3.63. The van der Waals surface area contributed by atoms with Gasteiger partial charge in [-0.15, -0.1) is 11.3 Å². The second kappa shape index (κ2) is 7.69. The van der Waals surface area contributed by atoms with E-state index in [4.69, 9.17) is 21.0 Å². The number of nitrogens with zero attached hydrogens (tertiary/aromatic N) is 3. The van der Waals surface area contributed by atoms with Crippen LogP contribution in [0.3, 0.4) is 0 Å². The van der Waals surface area contributed by atoms with Crippen molar-refractivity contribution in [3.63, 3.8) is 0 Å². The Bertz CT molecular complexity index is 1010. The molecule has 5 heterocycles. The number of aromatic nitrogens is 1. The molecular weight excluding hydrogens is 436 g/mol. The zero-order valence-corrected chi connectivity index (χ0v) is 19.7. The molecule has 0 aromatic carbocycles. The minimum Gasteiger partial charge on any atom is -0.443 e. The number of imide groups is 1. The van der Waals surface area contributed by atoms with Crippen molar-refractivity contribution in [1.82, 2.24) is 9.88 Å². The Morgan fingerprint density at radius 3 is 2.74 bits per heavy atom.